The van der Waals surface area contributed by atoms with Gasteiger partial charge in [0.1, 0.15) is 6.23 Å². The summed E-state index contributed by atoms with van der Waals surface area (Å²) in [7, 11) is -4.06. The van der Waals surface area contributed by atoms with Crippen molar-refractivity contribution in [3.8, 4) is 0 Å². The fraction of sp³-hybridized carbons (Fsp3) is 0.750. The summed E-state index contributed by atoms with van der Waals surface area (Å²) in [5, 5.41) is -0.0541. The first kappa shape index (κ1) is 34.8. The van der Waals surface area contributed by atoms with Gasteiger partial charge in [0.05, 0.1) is 25.9 Å². The average Bonchev–Trinajstić information content (AvgIpc) is 2.80. The minimum atomic E-state index is -4.06. The normalized spacial score (nSPS) is 14.3. The molecule has 0 bridgehead atoms. The number of nitrogens with one attached hydrogen (secondary N) is 1. The van der Waals surface area contributed by atoms with Crippen molar-refractivity contribution in [1.82, 2.24) is 9.55 Å². The van der Waals surface area contributed by atoms with E-state index < -0.39 is 42.2 Å². The van der Waals surface area contributed by atoms with Gasteiger partial charge in [-0.05, 0) is 13.3 Å². The highest BCUT2D eigenvalue weighted by atomic mass is 32.2. The standard InChI is InChI=1S/C24H41N2O9PS2/c1-9-18(35-17(2)26-11-10-19(27)25-22(26)30)16-34-36(31,32-12-14-37-20(28)23(3,4)5)33-13-15-38-21(29)24(6,7)8/h10-11,17-18H,9,12-16H2,1-8H3,(H,25,27,30)/t17-,18+/m1/s1. The Hall–Kier alpha value is -1.21. The highest BCUT2D eigenvalue weighted by Gasteiger charge is 2.30. The molecule has 0 aliphatic heterocycles. The van der Waals surface area contributed by atoms with Crippen LogP contribution in [0.15, 0.2) is 21.9 Å². The molecule has 11 nitrogen and oxygen atoms in total. The number of nitrogens with zero attached hydrogens (tertiary/aromatic N) is 1. The van der Waals surface area contributed by atoms with Crippen molar-refractivity contribution in [1.29, 1.82) is 0 Å². The lowest BCUT2D eigenvalue weighted by Gasteiger charge is -2.25. The number of hydrogen-bond acceptors (Lipinski definition) is 11. The molecule has 0 spiro atoms. The second-order valence-electron chi connectivity index (χ2n) is 10.5. The summed E-state index contributed by atoms with van der Waals surface area (Å²) in [6, 6.07) is 1.21. The van der Waals surface area contributed by atoms with E-state index in [1.54, 1.807) is 6.92 Å². The zero-order valence-electron chi connectivity index (χ0n) is 23.4. The molecule has 0 saturated carbocycles. The van der Waals surface area contributed by atoms with Gasteiger partial charge in [-0.2, -0.15) is 0 Å². The molecule has 0 radical (unpaired) electrons. The summed E-state index contributed by atoms with van der Waals surface area (Å²) in [4.78, 5) is 49.8. The lowest BCUT2D eigenvalue weighted by Crippen LogP contribution is -2.33. The van der Waals surface area contributed by atoms with Gasteiger partial charge < -0.3 is 4.74 Å². The van der Waals surface area contributed by atoms with E-state index in [1.807, 2.05) is 48.5 Å². The summed E-state index contributed by atoms with van der Waals surface area (Å²) in [5.41, 5.74) is -2.18. The highest BCUT2D eigenvalue weighted by Crippen LogP contribution is 2.50. The SMILES string of the molecule is CC[C@@H](COP(=O)(OCCSC(=O)C(C)(C)C)OCCSC(=O)C(C)(C)C)O[C@H](C)n1ccc(=O)[nH]c1=O. The molecule has 1 N–H and O–H groups in total. The molecule has 0 aromatic carbocycles. The molecule has 1 rings (SSSR count). The minimum Gasteiger partial charge on any atom is -0.353 e. The van der Waals surface area contributed by atoms with Crippen molar-refractivity contribution in [2.45, 2.75) is 74.1 Å². The lowest BCUT2D eigenvalue weighted by atomic mass is 9.99. The van der Waals surface area contributed by atoms with Crippen LogP contribution in [-0.2, 0) is 32.5 Å². The predicted octanol–water partition coefficient (Wildman–Crippen LogP) is 4.62. The van der Waals surface area contributed by atoms with Crippen LogP contribution in [0.25, 0.3) is 0 Å². The van der Waals surface area contributed by atoms with Crippen LogP contribution in [0.1, 0.15) is 68.0 Å². The number of carbonyl (C=O) groups excluding carboxylic acids is 2. The summed E-state index contributed by atoms with van der Waals surface area (Å²) in [6.45, 7) is 14.0. The van der Waals surface area contributed by atoms with E-state index in [9.17, 15) is 23.7 Å². The molecule has 14 heteroatoms. The number of phosphoric acid groups is 1. The molecular formula is C24H41N2O9PS2. The Kier molecular flexibility index (Phi) is 14.2. The topological polar surface area (TPSA) is 143 Å². The zero-order chi connectivity index (χ0) is 29.1. The molecule has 0 unspecified atom stereocenters. The Morgan fingerprint density at radius 2 is 1.47 bits per heavy atom. The van der Waals surface area contributed by atoms with E-state index in [0.29, 0.717) is 6.42 Å². The van der Waals surface area contributed by atoms with E-state index in [2.05, 4.69) is 4.98 Å². The number of thioether (sulfide) groups is 2. The number of aromatic amines is 1. The van der Waals surface area contributed by atoms with Crippen LogP contribution in [0.5, 0.6) is 0 Å². The fourth-order valence-corrected chi connectivity index (χ4v) is 5.62. The molecular weight excluding hydrogens is 555 g/mol. The Morgan fingerprint density at radius 1 is 0.974 bits per heavy atom. The number of H-pyrrole nitrogens is 1. The van der Waals surface area contributed by atoms with Crippen molar-refractivity contribution in [3.63, 3.8) is 0 Å². The maximum absolute atomic E-state index is 13.4. The Bertz CT molecular complexity index is 1040. The van der Waals surface area contributed by atoms with Gasteiger partial charge in [0.25, 0.3) is 5.56 Å². The third-order valence-corrected chi connectivity index (χ3v) is 8.82. The third-order valence-electron chi connectivity index (χ3n) is 4.86. The van der Waals surface area contributed by atoms with Crippen LogP contribution >= 0.6 is 31.3 Å². The first-order valence-electron chi connectivity index (χ1n) is 12.3. The van der Waals surface area contributed by atoms with Crippen molar-refractivity contribution < 1.29 is 32.5 Å². The fourth-order valence-electron chi connectivity index (χ4n) is 2.60. The first-order valence-corrected chi connectivity index (χ1v) is 15.8. The smallest absolute Gasteiger partial charge is 0.353 e. The van der Waals surface area contributed by atoms with Crippen LogP contribution < -0.4 is 11.2 Å². The summed E-state index contributed by atoms with van der Waals surface area (Å²) in [5.74, 6) is 0.508. The van der Waals surface area contributed by atoms with E-state index in [1.165, 1.54) is 16.8 Å². The van der Waals surface area contributed by atoms with Crippen LogP contribution in [0, 0.1) is 10.8 Å². The zero-order valence-corrected chi connectivity index (χ0v) is 26.0. The highest BCUT2D eigenvalue weighted by molar-refractivity contribution is 8.14. The molecule has 1 aromatic heterocycles. The largest absolute Gasteiger partial charge is 0.474 e. The van der Waals surface area contributed by atoms with Gasteiger partial charge in [-0.25, -0.2) is 9.36 Å². The minimum absolute atomic E-state index is 0.0270. The van der Waals surface area contributed by atoms with E-state index in [-0.39, 0.29) is 41.6 Å². The lowest BCUT2D eigenvalue weighted by molar-refractivity contribution is -0.118. The van der Waals surface area contributed by atoms with Gasteiger partial charge in [-0.15, -0.1) is 0 Å². The number of rotatable bonds is 15. The number of hydrogen-bond donors (Lipinski definition) is 1. The van der Waals surface area contributed by atoms with Gasteiger partial charge in [-0.1, -0.05) is 72.0 Å². The van der Waals surface area contributed by atoms with Gasteiger partial charge in [-0.3, -0.25) is 37.5 Å². The second-order valence-corrected chi connectivity index (χ2v) is 14.3. The van der Waals surface area contributed by atoms with Gasteiger partial charge in [0.2, 0.25) is 0 Å². The molecule has 0 fully saturated rings. The summed E-state index contributed by atoms with van der Waals surface area (Å²) in [6.07, 6.45) is 0.449. The molecule has 0 aliphatic rings. The van der Waals surface area contributed by atoms with Crippen LogP contribution in [0.4, 0.5) is 0 Å². The molecule has 0 amide bonds. The van der Waals surface area contributed by atoms with E-state index in [4.69, 9.17) is 18.3 Å². The number of carbonyl (C=O) groups is 2. The Labute approximate surface area is 232 Å². The number of ether oxygens (including phenoxy) is 1. The summed E-state index contributed by atoms with van der Waals surface area (Å²) >= 11 is 2.14. The van der Waals surface area contributed by atoms with E-state index >= 15 is 0 Å². The van der Waals surface area contributed by atoms with Gasteiger partial charge in [0, 0.05) is 34.6 Å². The molecule has 0 saturated heterocycles. The van der Waals surface area contributed by atoms with E-state index in [0.717, 1.165) is 23.5 Å². The molecule has 38 heavy (non-hydrogen) atoms. The van der Waals surface area contributed by atoms with Crippen LogP contribution in [0.3, 0.4) is 0 Å². The molecule has 1 aromatic rings. The predicted molar refractivity (Wildman–Crippen MR) is 151 cm³/mol. The number of phosphoric ester groups is 1. The number of aromatic nitrogens is 2. The maximum atomic E-state index is 13.4. The van der Waals surface area contributed by atoms with Crippen molar-refractivity contribution in [2.75, 3.05) is 31.3 Å². The van der Waals surface area contributed by atoms with Crippen molar-refractivity contribution in [3.05, 3.63) is 33.1 Å². The van der Waals surface area contributed by atoms with Gasteiger partial charge in [0.15, 0.2) is 10.2 Å². The molecule has 1 heterocycles. The van der Waals surface area contributed by atoms with Crippen molar-refractivity contribution in [2.24, 2.45) is 10.8 Å². The quantitative estimate of drug-likeness (QED) is 0.224. The molecule has 0 aliphatic carbocycles. The van der Waals surface area contributed by atoms with Crippen molar-refractivity contribution >= 4 is 41.6 Å². The first-order chi connectivity index (χ1) is 17.5. The Morgan fingerprint density at radius 3 is 1.89 bits per heavy atom. The maximum Gasteiger partial charge on any atom is 0.474 e. The third kappa shape index (κ3) is 12.8. The molecule has 2 atom stereocenters. The second kappa shape index (κ2) is 15.5. The average molecular weight is 597 g/mol. The molecule has 218 valence electrons. The van der Waals surface area contributed by atoms with Gasteiger partial charge >= 0.3 is 13.5 Å². The monoisotopic (exact) mass is 596 g/mol. The van der Waals surface area contributed by atoms with Crippen LogP contribution in [-0.4, -0.2) is 57.2 Å². The summed E-state index contributed by atoms with van der Waals surface area (Å²) < 4.78 is 37.0. The Balaban J connectivity index is 2.80. The van der Waals surface area contributed by atoms with Crippen LogP contribution in [0.2, 0.25) is 0 Å².